The minimum Gasteiger partial charge on any atom is -0.295 e. The Morgan fingerprint density at radius 3 is 2.61 bits per heavy atom. The molecule has 0 fully saturated rings. The van der Waals surface area contributed by atoms with Gasteiger partial charge in [0.25, 0.3) is 0 Å². The average molecular weight is 436 g/mol. The van der Waals surface area contributed by atoms with Crippen LogP contribution >= 0.6 is 15.9 Å². The number of halogens is 2. The Morgan fingerprint density at radius 2 is 1.86 bits per heavy atom. The minimum atomic E-state index is -0.363. The molecular formula is C22H15BrFN3O. The van der Waals surface area contributed by atoms with Gasteiger partial charge in [0.1, 0.15) is 5.82 Å². The lowest BCUT2D eigenvalue weighted by atomic mass is 10.00. The van der Waals surface area contributed by atoms with Gasteiger partial charge < -0.3 is 0 Å². The van der Waals surface area contributed by atoms with Crippen LogP contribution in [0, 0.1) is 17.1 Å². The number of hydrogen-bond donors (Lipinski definition) is 0. The monoisotopic (exact) mass is 435 g/mol. The smallest absolute Gasteiger partial charge is 0.295 e. The normalized spacial score (nSPS) is 10.9. The van der Waals surface area contributed by atoms with Crippen LogP contribution in [-0.2, 0) is 13.6 Å². The van der Waals surface area contributed by atoms with Gasteiger partial charge >= 0.3 is 5.69 Å². The first-order valence-corrected chi connectivity index (χ1v) is 9.41. The minimum absolute atomic E-state index is 0.142. The second-order valence-corrected chi connectivity index (χ2v) is 7.44. The maximum atomic E-state index is 14.3. The van der Waals surface area contributed by atoms with Crippen molar-refractivity contribution < 1.29 is 4.39 Å². The molecule has 0 spiro atoms. The Bertz CT molecular complexity index is 1310. The van der Waals surface area contributed by atoms with Gasteiger partial charge in [-0.05, 0) is 41.5 Å². The number of rotatable bonds is 3. The summed E-state index contributed by atoms with van der Waals surface area (Å²) in [7, 11) is 1.69. The molecule has 4 rings (SSSR count). The van der Waals surface area contributed by atoms with E-state index < -0.39 is 0 Å². The standard InChI is InChI=1S/C22H15BrFN3O/c1-26-21-10-14(18-5-3-2-4-15(18)12-25)7-9-20(21)27(22(26)28)13-16-6-8-17(23)11-19(16)24/h2-11H,13H2,1H3. The highest BCUT2D eigenvalue weighted by molar-refractivity contribution is 9.10. The molecule has 0 aliphatic heterocycles. The quantitative estimate of drug-likeness (QED) is 0.462. The van der Waals surface area contributed by atoms with Crippen LogP contribution < -0.4 is 5.69 Å². The van der Waals surface area contributed by atoms with Crippen LogP contribution in [0.25, 0.3) is 22.2 Å². The predicted octanol–water partition coefficient (Wildman–Crippen LogP) is 4.83. The van der Waals surface area contributed by atoms with Crippen molar-refractivity contribution in [1.82, 2.24) is 9.13 Å². The number of imidazole rings is 1. The highest BCUT2D eigenvalue weighted by Crippen LogP contribution is 2.27. The molecule has 0 bridgehead atoms. The first-order valence-electron chi connectivity index (χ1n) is 8.62. The molecule has 1 heterocycles. The molecule has 6 heteroatoms. The molecule has 138 valence electrons. The molecule has 0 aliphatic rings. The Balaban J connectivity index is 1.86. The highest BCUT2D eigenvalue weighted by Gasteiger charge is 2.15. The topological polar surface area (TPSA) is 50.7 Å². The maximum Gasteiger partial charge on any atom is 0.329 e. The van der Waals surface area contributed by atoms with Crippen molar-refractivity contribution in [3.63, 3.8) is 0 Å². The summed E-state index contributed by atoms with van der Waals surface area (Å²) in [6.45, 7) is 0.142. The van der Waals surface area contributed by atoms with Gasteiger partial charge in [-0.1, -0.05) is 46.3 Å². The summed E-state index contributed by atoms with van der Waals surface area (Å²) in [5.74, 6) is -0.363. The van der Waals surface area contributed by atoms with Gasteiger partial charge in [0.05, 0.1) is 29.2 Å². The summed E-state index contributed by atoms with van der Waals surface area (Å²) in [6.07, 6.45) is 0. The number of nitriles is 1. The molecular weight excluding hydrogens is 421 g/mol. The van der Waals surface area contributed by atoms with E-state index in [1.807, 2.05) is 36.4 Å². The summed E-state index contributed by atoms with van der Waals surface area (Å²) in [6, 6.07) is 20.0. The summed E-state index contributed by atoms with van der Waals surface area (Å²) < 4.78 is 18.0. The van der Waals surface area contributed by atoms with Gasteiger partial charge in [-0.2, -0.15) is 5.26 Å². The summed E-state index contributed by atoms with van der Waals surface area (Å²) in [4.78, 5) is 12.8. The van der Waals surface area contributed by atoms with Crippen molar-refractivity contribution in [3.8, 4) is 17.2 Å². The molecule has 3 aromatic carbocycles. The molecule has 1 aromatic heterocycles. The van der Waals surface area contributed by atoms with Gasteiger partial charge in [0, 0.05) is 17.1 Å². The van der Waals surface area contributed by atoms with Gasteiger partial charge in [0.15, 0.2) is 0 Å². The van der Waals surface area contributed by atoms with E-state index in [1.54, 1.807) is 34.4 Å². The second-order valence-electron chi connectivity index (χ2n) is 6.52. The Morgan fingerprint density at radius 1 is 1.07 bits per heavy atom. The summed E-state index contributed by atoms with van der Waals surface area (Å²) in [5.41, 5.74) is 3.90. The van der Waals surface area contributed by atoms with Gasteiger partial charge in [-0.25, -0.2) is 9.18 Å². The van der Waals surface area contributed by atoms with E-state index in [2.05, 4.69) is 22.0 Å². The predicted molar refractivity (Wildman–Crippen MR) is 111 cm³/mol. The zero-order valence-electron chi connectivity index (χ0n) is 15.0. The summed E-state index contributed by atoms with van der Waals surface area (Å²) >= 11 is 3.25. The fourth-order valence-corrected chi connectivity index (χ4v) is 3.71. The lowest BCUT2D eigenvalue weighted by Gasteiger charge is -2.07. The summed E-state index contributed by atoms with van der Waals surface area (Å²) in [5, 5.41) is 9.36. The molecule has 0 radical (unpaired) electrons. The average Bonchev–Trinajstić information content (AvgIpc) is 2.94. The van der Waals surface area contributed by atoms with E-state index in [0.717, 1.165) is 16.6 Å². The Labute approximate surface area is 169 Å². The van der Waals surface area contributed by atoms with Crippen molar-refractivity contribution in [1.29, 1.82) is 5.26 Å². The van der Waals surface area contributed by atoms with E-state index in [0.29, 0.717) is 21.1 Å². The van der Waals surface area contributed by atoms with Crippen LogP contribution in [0.2, 0.25) is 0 Å². The third kappa shape index (κ3) is 3.04. The van der Waals surface area contributed by atoms with Crippen molar-refractivity contribution in [2.24, 2.45) is 7.05 Å². The maximum absolute atomic E-state index is 14.3. The molecule has 0 unspecified atom stereocenters. The van der Waals surface area contributed by atoms with Gasteiger partial charge in [0.2, 0.25) is 0 Å². The lowest BCUT2D eigenvalue weighted by Crippen LogP contribution is -2.23. The highest BCUT2D eigenvalue weighted by atomic mass is 79.9. The van der Waals surface area contributed by atoms with Crippen molar-refractivity contribution in [3.05, 3.63) is 92.6 Å². The third-order valence-corrected chi connectivity index (χ3v) is 5.34. The number of nitrogens with zero attached hydrogens (tertiary/aromatic N) is 3. The third-order valence-electron chi connectivity index (χ3n) is 4.85. The number of fused-ring (bicyclic) bond motifs is 1. The van der Waals surface area contributed by atoms with Crippen LogP contribution in [0.4, 0.5) is 4.39 Å². The van der Waals surface area contributed by atoms with Crippen molar-refractivity contribution in [2.45, 2.75) is 6.54 Å². The first-order chi connectivity index (χ1) is 13.5. The van der Waals surface area contributed by atoms with Crippen LogP contribution in [0.15, 0.2) is 69.9 Å². The molecule has 0 amide bonds. The number of aromatic nitrogens is 2. The Kier molecular flexibility index (Phi) is 4.62. The molecule has 4 aromatic rings. The van der Waals surface area contributed by atoms with E-state index >= 15 is 0 Å². The fourth-order valence-electron chi connectivity index (χ4n) is 3.38. The van der Waals surface area contributed by atoms with Crippen LogP contribution in [0.5, 0.6) is 0 Å². The van der Waals surface area contributed by atoms with Gasteiger partial charge in [-0.3, -0.25) is 9.13 Å². The number of benzene rings is 3. The zero-order chi connectivity index (χ0) is 19.8. The number of aryl methyl sites for hydroxylation is 1. The first kappa shape index (κ1) is 18.2. The largest absolute Gasteiger partial charge is 0.329 e. The van der Waals surface area contributed by atoms with Crippen LogP contribution in [-0.4, -0.2) is 9.13 Å². The van der Waals surface area contributed by atoms with Crippen LogP contribution in [0.3, 0.4) is 0 Å². The fraction of sp³-hybridized carbons (Fsp3) is 0.0909. The van der Waals surface area contributed by atoms with Crippen LogP contribution in [0.1, 0.15) is 11.1 Å². The molecule has 0 saturated carbocycles. The van der Waals surface area contributed by atoms with E-state index in [-0.39, 0.29) is 18.1 Å². The number of hydrogen-bond acceptors (Lipinski definition) is 2. The van der Waals surface area contributed by atoms with Crippen molar-refractivity contribution >= 4 is 27.0 Å². The molecule has 0 atom stereocenters. The molecule has 28 heavy (non-hydrogen) atoms. The second kappa shape index (κ2) is 7.10. The molecule has 0 aliphatic carbocycles. The Hall–Kier alpha value is -3.17. The lowest BCUT2D eigenvalue weighted by molar-refractivity contribution is 0.596. The zero-order valence-corrected chi connectivity index (χ0v) is 16.6. The van der Waals surface area contributed by atoms with Gasteiger partial charge in [-0.15, -0.1) is 0 Å². The van der Waals surface area contributed by atoms with E-state index in [4.69, 9.17) is 0 Å². The molecule has 0 saturated heterocycles. The van der Waals surface area contributed by atoms with E-state index in [9.17, 15) is 14.4 Å². The van der Waals surface area contributed by atoms with Crippen molar-refractivity contribution in [2.75, 3.05) is 0 Å². The SMILES string of the molecule is Cn1c(=O)n(Cc2ccc(Br)cc2F)c2ccc(-c3ccccc3C#N)cc21. The van der Waals surface area contributed by atoms with E-state index in [1.165, 1.54) is 6.07 Å². The molecule has 0 N–H and O–H groups in total. The molecule has 4 nitrogen and oxygen atoms in total.